The molecule has 0 spiro atoms. The molecule has 0 unspecified atom stereocenters. The van der Waals surface area contributed by atoms with Crippen molar-refractivity contribution in [1.82, 2.24) is 25.9 Å². The SMILES string of the molecule is O=C(Nc1ccccc1C(=O)NC1CC1)c1nn[nH]n1. The number of aromatic amines is 1. The summed E-state index contributed by atoms with van der Waals surface area (Å²) in [5, 5.41) is 18.2. The van der Waals surface area contributed by atoms with Crippen LogP contribution in [0.5, 0.6) is 0 Å². The van der Waals surface area contributed by atoms with Gasteiger partial charge in [-0.05, 0) is 30.2 Å². The summed E-state index contributed by atoms with van der Waals surface area (Å²) in [6, 6.07) is 7.04. The number of amides is 2. The van der Waals surface area contributed by atoms with Crippen LogP contribution >= 0.6 is 0 Å². The Morgan fingerprint density at radius 1 is 1.20 bits per heavy atom. The van der Waals surface area contributed by atoms with Gasteiger partial charge in [-0.3, -0.25) is 9.59 Å². The van der Waals surface area contributed by atoms with E-state index in [-0.39, 0.29) is 17.8 Å². The van der Waals surface area contributed by atoms with E-state index in [9.17, 15) is 9.59 Å². The topological polar surface area (TPSA) is 113 Å². The molecule has 8 nitrogen and oxygen atoms in total. The van der Waals surface area contributed by atoms with Gasteiger partial charge in [-0.2, -0.15) is 5.21 Å². The molecule has 1 aromatic carbocycles. The summed E-state index contributed by atoms with van der Waals surface area (Å²) in [6.07, 6.45) is 2.01. The van der Waals surface area contributed by atoms with Crippen LogP contribution in [0.1, 0.15) is 33.8 Å². The van der Waals surface area contributed by atoms with E-state index in [2.05, 4.69) is 31.3 Å². The second-order valence-electron chi connectivity index (χ2n) is 4.48. The average Bonchev–Trinajstić information content (AvgIpc) is 3.08. The summed E-state index contributed by atoms with van der Waals surface area (Å²) in [7, 11) is 0. The lowest BCUT2D eigenvalue weighted by Crippen LogP contribution is -2.27. The van der Waals surface area contributed by atoms with Gasteiger partial charge in [0.15, 0.2) is 0 Å². The van der Waals surface area contributed by atoms with Crippen LogP contribution < -0.4 is 10.6 Å². The zero-order valence-electron chi connectivity index (χ0n) is 10.5. The van der Waals surface area contributed by atoms with Crippen LogP contribution in [0.15, 0.2) is 24.3 Å². The number of nitrogens with one attached hydrogen (secondary N) is 3. The Labute approximate surface area is 114 Å². The molecule has 1 fully saturated rings. The summed E-state index contributed by atoms with van der Waals surface area (Å²) < 4.78 is 0. The summed E-state index contributed by atoms with van der Waals surface area (Å²) in [4.78, 5) is 23.9. The highest BCUT2D eigenvalue weighted by Crippen LogP contribution is 2.21. The fraction of sp³-hybridized carbons (Fsp3) is 0.250. The number of benzene rings is 1. The maximum Gasteiger partial charge on any atom is 0.297 e. The number of carbonyl (C=O) groups excluding carboxylic acids is 2. The maximum absolute atomic E-state index is 12.1. The van der Waals surface area contributed by atoms with E-state index in [4.69, 9.17) is 0 Å². The van der Waals surface area contributed by atoms with Gasteiger partial charge in [-0.1, -0.05) is 12.1 Å². The van der Waals surface area contributed by atoms with Crippen LogP contribution in [-0.2, 0) is 0 Å². The van der Waals surface area contributed by atoms with Crippen molar-refractivity contribution >= 4 is 17.5 Å². The number of hydrogen-bond donors (Lipinski definition) is 3. The van der Waals surface area contributed by atoms with Crippen molar-refractivity contribution in [2.75, 3.05) is 5.32 Å². The Kier molecular flexibility index (Phi) is 3.12. The third-order valence-electron chi connectivity index (χ3n) is 2.88. The molecule has 20 heavy (non-hydrogen) atoms. The monoisotopic (exact) mass is 272 g/mol. The predicted molar refractivity (Wildman–Crippen MR) is 69.1 cm³/mol. The molecule has 0 saturated heterocycles. The minimum absolute atomic E-state index is 0.0811. The molecule has 2 aromatic rings. The van der Waals surface area contributed by atoms with Crippen LogP contribution in [0.2, 0.25) is 0 Å². The van der Waals surface area contributed by atoms with E-state index < -0.39 is 5.91 Å². The van der Waals surface area contributed by atoms with Crippen molar-refractivity contribution in [3.63, 3.8) is 0 Å². The number of anilines is 1. The third kappa shape index (κ3) is 2.63. The summed E-state index contributed by atoms with van der Waals surface area (Å²) in [5.41, 5.74) is 0.830. The minimum atomic E-state index is -0.523. The molecule has 8 heteroatoms. The van der Waals surface area contributed by atoms with Crippen LogP contribution in [0, 0.1) is 0 Å². The highest BCUT2D eigenvalue weighted by molar-refractivity contribution is 6.07. The highest BCUT2D eigenvalue weighted by Gasteiger charge is 2.25. The second-order valence-corrected chi connectivity index (χ2v) is 4.48. The minimum Gasteiger partial charge on any atom is -0.349 e. The first kappa shape index (κ1) is 12.3. The lowest BCUT2D eigenvalue weighted by atomic mass is 10.1. The lowest BCUT2D eigenvalue weighted by molar-refractivity contribution is 0.0952. The van der Waals surface area contributed by atoms with Gasteiger partial charge in [0.1, 0.15) is 0 Å². The van der Waals surface area contributed by atoms with E-state index in [0.717, 1.165) is 12.8 Å². The van der Waals surface area contributed by atoms with Gasteiger partial charge in [0.25, 0.3) is 17.6 Å². The first-order valence-electron chi connectivity index (χ1n) is 6.19. The fourth-order valence-corrected chi connectivity index (χ4v) is 1.72. The van der Waals surface area contributed by atoms with Crippen LogP contribution in [0.3, 0.4) is 0 Å². The Bertz CT molecular complexity index is 635. The van der Waals surface area contributed by atoms with Crippen LogP contribution in [0.4, 0.5) is 5.69 Å². The molecule has 0 bridgehead atoms. The number of H-pyrrole nitrogens is 1. The molecule has 1 aliphatic carbocycles. The first-order chi connectivity index (χ1) is 9.74. The number of nitrogens with zero attached hydrogens (tertiary/aromatic N) is 3. The Hall–Kier alpha value is -2.77. The number of hydrogen-bond acceptors (Lipinski definition) is 5. The first-order valence-corrected chi connectivity index (χ1v) is 6.19. The van der Waals surface area contributed by atoms with Gasteiger partial charge in [-0.25, -0.2) is 0 Å². The molecule has 3 rings (SSSR count). The van der Waals surface area contributed by atoms with Crippen molar-refractivity contribution in [3.05, 3.63) is 35.7 Å². The van der Waals surface area contributed by atoms with Gasteiger partial charge >= 0.3 is 0 Å². The molecule has 0 aliphatic heterocycles. The normalized spacial score (nSPS) is 13.8. The van der Waals surface area contributed by atoms with Crippen molar-refractivity contribution in [2.45, 2.75) is 18.9 Å². The Morgan fingerprint density at radius 3 is 2.70 bits per heavy atom. The van der Waals surface area contributed by atoms with Gasteiger partial charge in [0.05, 0.1) is 11.3 Å². The number of para-hydroxylation sites is 1. The maximum atomic E-state index is 12.1. The summed E-state index contributed by atoms with van der Waals surface area (Å²) in [5.74, 6) is -0.802. The number of aromatic nitrogens is 4. The Morgan fingerprint density at radius 2 is 2.00 bits per heavy atom. The average molecular weight is 272 g/mol. The Balaban J connectivity index is 1.78. The van der Waals surface area contributed by atoms with Gasteiger partial charge in [0.2, 0.25) is 0 Å². The molecule has 102 valence electrons. The fourth-order valence-electron chi connectivity index (χ4n) is 1.72. The van der Waals surface area contributed by atoms with E-state index in [1.54, 1.807) is 24.3 Å². The second kappa shape index (κ2) is 5.08. The van der Waals surface area contributed by atoms with Crippen LogP contribution in [0.25, 0.3) is 0 Å². The van der Waals surface area contributed by atoms with Gasteiger partial charge in [-0.15, -0.1) is 10.2 Å². The number of tetrazole rings is 1. The smallest absolute Gasteiger partial charge is 0.297 e. The zero-order valence-corrected chi connectivity index (χ0v) is 10.5. The molecule has 1 aliphatic rings. The molecule has 0 atom stereocenters. The summed E-state index contributed by atoms with van der Waals surface area (Å²) in [6.45, 7) is 0. The van der Waals surface area contributed by atoms with Gasteiger partial charge < -0.3 is 10.6 Å². The largest absolute Gasteiger partial charge is 0.349 e. The standard InChI is InChI=1S/C12H12N6O2/c19-11(13-7-5-6-7)8-3-1-2-4-9(8)14-12(20)10-15-17-18-16-10/h1-4,7H,5-6H2,(H,13,19)(H,14,20)(H,15,16,17,18). The van der Waals surface area contributed by atoms with Crippen molar-refractivity contribution in [2.24, 2.45) is 0 Å². The number of rotatable bonds is 4. The third-order valence-corrected chi connectivity index (χ3v) is 2.88. The summed E-state index contributed by atoms with van der Waals surface area (Å²) >= 11 is 0. The quantitative estimate of drug-likeness (QED) is 0.743. The molecule has 3 N–H and O–H groups in total. The van der Waals surface area contributed by atoms with E-state index in [1.807, 2.05) is 0 Å². The molecule has 1 saturated carbocycles. The molecule has 0 radical (unpaired) electrons. The van der Waals surface area contributed by atoms with E-state index >= 15 is 0 Å². The molecule has 1 heterocycles. The van der Waals surface area contributed by atoms with Crippen molar-refractivity contribution in [1.29, 1.82) is 0 Å². The molecular weight excluding hydrogens is 260 g/mol. The van der Waals surface area contributed by atoms with Crippen molar-refractivity contribution in [3.8, 4) is 0 Å². The highest BCUT2D eigenvalue weighted by atomic mass is 16.2. The van der Waals surface area contributed by atoms with E-state index in [0.29, 0.717) is 11.3 Å². The van der Waals surface area contributed by atoms with Crippen LogP contribution in [-0.4, -0.2) is 38.5 Å². The van der Waals surface area contributed by atoms with Crippen molar-refractivity contribution < 1.29 is 9.59 Å². The van der Waals surface area contributed by atoms with Gasteiger partial charge in [0, 0.05) is 6.04 Å². The molecule has 2 amide bonds. The van der Waals surface area contributed by atoms with E-state index in [1.165, 1.54) is 0 Å². The molecular formula is C12H12N6O2. The lowest BCUT2D eigenvalue weighted by Gasteiger charge is -2.09. The zero-order chi connectivity index (χ0) is 13.9. The predicted octanol–water partition coefficient (Wildman–Crippen LogP) is 0.344. The number of carbonyl (C=O) groups is 2. The molecule has 1 aromatic heterocycles.